The topological polar surface area (TPSA) is 86.7 Å². The Balaban J connectivity index is 1.73. The van der Waals surface area contributed by atoms with Crippen molar-refractivity contribution >= 4 is 23.5 Å². The van der Waals surface area contributed by atoms with Gasteiger partial charge in [-0.2, -0.15) is 13.2 Å². The monoisotopic (exact) mass is 384 g/mol. The minimum absolute atomic E-state index is 0.0631. The van der Waals surface area contributed by atoms with Gasteiger partial charge in [0, 0.05) is 30.3 Å². The Morgan fingerprint density at radius 3 is 2.37 bits per heavy atom. The normalized spacial score (nSPS) is 27.3. The Morgan fingerprint density at radius 1 is 1.19 bits per heavy atom. The summed E-state index contributed by atoms with van der Waals surface area (Å²) < 4.78 is 39.2. The molecule has 146 valence electrons. The van der Waals surface area contributed by atoms with Gasteiger partial charge in [0.25, 0.3) is 5.91 Å². The molecule has 2 N–H and O–H groups in total. The zero-order chi connectivity index (χ0) is 19.9. The third-order valence-corrected chi connectivity index (χ3v) is 5.17. The van der Waals surface area contributed by atoms with Crippen molar-refractivity contribution in [1.29, 1.82) is 0 Å². The van der Waals surface area contributed by atoms with Crippen LogP contribution in [0.1, 0.15) is 23.7 Å². The lowest BCUT2D eigenvalue weighted by atomic mass is 9.96. The van der Waals surface area contributed by atoms with Crippen molar-refractivity contribution < 1.29 is 32.7 Å². The second-order valence-electron chi connectivity index (χ2n) is 7.19. The maximum absolute atomic E-state index is 13.1. The number of hydrogen-bond acceptors (Lipinski definition) is 3. The molecule has 6 nitrogen and oxygen atoms in total. The molecule has 1 saturated carbocycles. The summed E-state index contributed by atoms with van der Waals surface area (Å²) >= 11 is 0. The highest BCUT2D eigenvalue weighted by Crippen LogP contribution is 2.39. The summed E-state index contributed by atoms with van der Waals surface area (Å²) in [5, 5.41) is 11.8. The van der Waals surface area contributed by atoms with Crippen LogP contribution in [-0.2, 0) is 9.59 Å². The molecule has 2 amide bonds. The highest BCUT2D eigenvalue weighted by molar-refractivity contribution is 5.98. The Kier molecular flexibility index (Phi) is 4.88. The van der Waals surface area contributed by atoms with Crippen molar-refractivity contribution in [3.8, 4) is 0 Å². The van der Waals surface area contributed by atoms with E-state index in [0.29, 0.717) is 11.6 Å². The van der Waals surface area contributed by atoms with Gasteiger partial charge in [-0.3, -0.25) is 14.4 Å². The van der Waals surface area contributed by atoms with Gasteiger partial charge in [0.05, 0.1) is 11.8 Å². The number of nitrogens with zero attached hydrogens (tertiary/aromatic N) is 1. The molecule has 1 saturated heterocycles. The summed E-state index contributed by atoms with van der Waals surface area (Å²) in [6.45, 7) is 0.748. The van der Waals surface area contributed by atoms with E-state index in [0.717, 1.165) is 11.3 Å². The summed E-state index contributed by atoms with van der Waals surface area (Å²) in [5.41, 5.74) is 0.481. The number of likely N-dealkylation sites (tertiary alicyclic amines) is 1. The van der Waals surface area contributed by atoms with Crippen LogP contribution >= 0.6 is 0 Å². The Labute approximate surface area is 153 Å². The van der Waals surface area contributed by atoms with Crippen molar-refractivity contribution in [3.05, 3.63) is 29.8 Å². The lowest BCUT2D eigenvalue weighted by Gasteiger charge is -2.18. The number of alkyl halides is 3. The zero-order valence-corrected chi connectivity index (χ0v) is 14.5. The third kappa shape index (κ3) is 4.06. The van der Waals surface area contributed by atoms with Crippen LogP contribution in [0, 0.1) is 23.7 Å². The van der Waals surface area contributed by atoms with E-state index in [1.807, 2.05) is 6.92 Å². The number of anilines is 1. The lowest BCUT2D eigenvalue weighted by Crippen LogP contribution is -2.34. The fourth-order valence-electron chi connectivity index (χ4n) is 3.39. The highest BCUT2D eigenvalue weighted by atomic mass is 19.4. The first-order chi connectivity index (χ1) is 12.6. The van der Waals surface area contributed by atoms with E-state index < -0.39 is 43.0 Å². The molecule has 27 heavy (non-hydrogen) atoms. The average molecular weight is 384 g/mol. The number of aliphatic carboxylic acids is 1. The van der Waals surface area contributed by atoms with E-state index in [4.69, 9.17) is 5.11 Å². The van der Waals surface area contributed by atoms with E-state index in [2.05, 4.69) is 5.32 Å². The predicted octanol–water partition coefficient (Wildman–Crippen LogP) is 2.62. The molecule has 0 aromatic heterocycles. The molecule has 1 aromatic carbocycles. The summed E-state index contributed by atoms with van der Waals surface area (Å²) in [5.74, 6) is -5.96. The van der Waals surface area contributed by atoms with Gasteiger partial charge < -0.3 is 15.3 Å². The number of halogens is 3. The van der Waals surface area contributed by atoms with Gasteiger partial charge in [0.2, 0.25) is 5.91 Å². The number of carboxylic acids is 1. The number of benzene rings is 1. The van der Waals surface area contributed by atoms with Gasteiger partial charge in [-0.1, -0.05) is 13.0 Å². The second kappa shape index (κ2) is 6.86. The third-order valence-electron chi connectivity index (χ3n) is 5.17. The Morgan fingerprint density at radius 2 is 1.85 bits per heavy atom. The largest absolute Gasteiger partial charge is 0.481 e. The van der Waals surface area contributed by atoms with E-state index in [9.17, 15) is 27.6 Å². The Hall–Kier alpha value is -2.58. The van der Waals surface area contributed by atoms with Crippen molar-refractivity contribution in [2.75, 3.05) is 18.4 Å². The van der Waals surface area contributed by atoms with Crippen LogP contribution < -0.4 is 5.32 Å². The fourth-order valence-corrected chi connectivity index (χ4v) is 3.39. The van der Waals surface area contributed by atoms with Crippen molar-refractivity contribution in [3.63, 3.8) is 0 Å². The van der Waals surface area contributed by atoms with Gasteiger partial charge >= 0.3 is 12.1 Å². The molecule has 2 aliphatic rings. The summed E-state index contributed by atoms with van der Waals surface area (Å²) in [6, 6.07) is 5.92. The molecular formula is C18H19F3N2O4. The van der Waals surface area contributed by atoms with Crippen LogP contribution in [0.4, 0.5) is 18.9 Å². The fraction of sp³-hybridized carbons (Fsp3) is 0.500. The molecule has 2 fully saturated rings. The molecule has 0 bridgehead atoms. The van der Waals surface area contributed by atoms with Gasteiger partial charge in [-0.05, 0) is 30.5 Å². The number of carbonyl (C=O) groups is 3. The van der Waals surface area contributed by atoms with Crippen molar-refractivity contribution in [2.45, 2.75) is 19.5 Å². The minimum atomic E-state index is -4.70. The van der Waals surface area contributed by atoms with Crippen LogP contribution in [0.3, 0.4) is 0 Å². The minimum Gasteiger partial charge on any atom is -0.481 e. The number of rotatable bonds is 4. The molecular weight excluding hydrogens is 365 g/mol. The maximum atomic E-state index is 13.1. The molecule has 0 radical (unpaired) electrons. The first-order valence-corrected chi connectivity index (χ1v) is 8.57. The number of hydrogen-bond donors (Lipinski definition) is 2. The smallest absolute Gasteiger partial charge is 0.394 e. The highest BCUT2D eigenvalue weighted by Gasteiger charge is 2.53. The SMILES string of the molecule is CC1CC1C(=O)Nc1cccc(C(=O)N2C[C@@H](C(F)(F)F)[C@H](C(=O)O)C2)c1. The standard InChI is InChI=1S/C18H19F3N2O4/c1-9-5-12(9)15(24)22-11-4-2-3-10(6-11)16(25)23-7-13(17(26)27)14(8-23)18(19,20)21/h2-4,6,9,12-14H,5,7-8H2,1H3,(H,22,24)(H,26,27)/t9?,12?,13-,14-/m1/s1. The molecule has 1 aromatic rings. The van der Waals surface area contributed by atoms with Crippen molar-refractivity contribution in [1.82, 2.24) is 4.90 Å². The van der Waals surface area contributed by atoms with Crippen LogP contribution in [0.2, 0.25) is 0 Å². The number of carboxylic acid groups (broad SMARTS) is 1. The maximum Gasteiger partial charge on any atom is 0.394 e. The summed E-state index contributed by atoms with van der Waals surface area (Å²) in [4.78, 5) is 36.6. The molecule has 4 atom stereocenters. The molecule has 1 aliphatic heterocycles. The van der Waals surface area contributed by atoms with E-state index in [-0.39, 0.29) is 17.4 Å². The van der Waals surface area contributed by atoms with Crippen LogP contribution in [0.5, 0.6) is 0 Å². The summed E-state index contributed by atoms with van der Waals surface area (Å²) in [7, 11) is 0. The van der Waals surface area contributed by atoms with Gasteiger partial charge in [-0.15, -0.1) is 0 Å². The molecule has 3 rings (SSSR count). The first kappa shape index (κ1) is 19.2. The molecule has 0 spiro atoms. The van der Waals surface area contributed by atoms with Crippen molar-refractivity contribution in [2.24, 2.45) is 23.7 Å². The molecule has 2 unspecified atom stereocenters. The summed E-state index contributed by atoms with van der Waals surface area (Å²) in [6.07, 6.45) is -3.90. The van der Waals surface area contributed by atoms with E-state index >= 15 is 0 Å². The molecule has 1 aliphatic carbocycles. The average Bonchev–Trinajstić information content (AvgIpc) is 3.14. The first-order valence-electron chi connectivity index (χ1n) is 8.57. The van der Waals surface area contributed by atoms with Gasteiger partial charge in [0.1, 0.15) is 0 Å². The Bertz CT molecular complexity index is 780. The molecule has 1 heterocycles. The van der Waals surface area contributed by atoms with E-state index in [1.54, 1.807) is 6.07 Å². The molecule has 9 heteroatoms. The lowest BCUT2D eigenvalue weighted by molar-refractivity contribution is -0.187. The zero-order valence-electron chi connectivity index (χ0n) is 14.5. The number of carbonyl (C=O) groups excluding carboxylic acids is 2. The van der Waals surface area contributed by atoms with Crippen LogP contribution in [-0.4, -0.2) is 47.1 Å². The number of nitrogens with one attached hydrogen (secondary N) is 1. The van der Waals surface area contributed by atoms with Crippen LogP contribution in [0.25, 0.3) is 0 Å². The predicted molar refractivity (Wildman–Crippen MR) is 88.9 cm³/mol. The van der Waals surface area contributed by atoms with Crippen LogP contribution in [0.15, 0.2) is 24.3 Å². The number of amides is 2. The quantitative estimate of drug-likeness (QED) is 0.836. The van der Waals surface area contributed by atoms with E-state index in [1.165, 1.54) is 18.2 Å². The van der Waals surface area contributed by atoms with Gasteiger partial charge in [0.15, 0.2) is 0 Å². The second-order valence-corrected chi connectivity index (χ2v) is 7.19. The van der Waals surface area contributed by atoms with Gasteiger partial charge in [-0.25, -0.2) is 0 Å².